The van der Waals surface area contributed by atoms with Crippen LogP contribution in [0.5, 0.6) is 5.75 Å². The molecule has 0 radical (unpaired) electrons. The first-order valence-corrected chi connectivity index (χ1v) is 13.0. The summed E-state index contributed by atoms with van der Waals surface area (Å²) in [4.78, 5) is 33.9. The molecule has 2 N–H and O–H groups in total. The molecule has 8 heteroatoms. The fraction of sp³-hybridized carbons (Fsp3) is 0.500. The smallest absolute Gasteiger partial charge is 0.326 e. The van der Waals surface area contributed by atoms with E-state index in [1.54, 1.807) is 7.11 Å². The lowest BCUT2D eigenvalue weighted by Gasteiger charge is -2.29. The molecule has 1 aliphatic carbocycles. The van der Waals surface area contributed by atoms with E-state index < -0.39 is 0 Å². The Labute approximate surface area is 212 Å². The number of ether oxygens (including phenoxy) is 1. The van der Waals surface area contributed by atoms with E-state index in [4.69, 9.17) is 4.74 Å². The second-order valence-corrected chi connectivity index (χ2v) is 10.5. The minimum Gasteiger partial charge on any atom is -0.496 e. The lowest BCUT2D eigenvalue weighted by atomic mass is 9.85. The highest BCUT2D eigenvalue weighted by atomic mass is 16.5. The van der Waals surface area contributed by atoms with Crippen LogP contribution in [0.2, 0.25) is 0 Å². The average Bonchev–Trinajstić information content (AvgIpc) is 3.47. The molecule has 0 bridgehead atoms. The maximum atomic E-state index is 13.1. The number of fused-ring (bicyclic) bond motifs is 1. The van der Waals surface area contributed by atoms with Crippen molar-refractivity contribution in [2.45, 2.75) is 51.1 Å². The first-order valence-electron chi connectivity index (χ1n) is 13.0. The molecule has 1 aliphatic heterocycles. The van der Waals surface area contributed by atoms with Gasteiger partial charge in [-0.1, -0.05) is 12.1 Å². The summed E-state index contributed by atoms with van der Waals surface area (Å²) in [5, 5.41) is 3.05. The van der Waals surface area contributed by atoms with Gasteiger partial charge >= 0.3 is 5.69 Å². The number of carbonyl (C=O) groups is 1. The van der Waals surface area contributed by atoms with Crippen molar-refractivity contribution >= 4 is 28.3 Å². The van der Waals surface area contributed by atoms with Crippen LogP contribution >= 0.6 is 0 Å². The number of aryl methyl sites for hydroxylation is 1. The summed E-state index contributed by atoms with van der Waals surface area (Å²) in [6.07, 6.45) is 4.24. The van der Waals surface area contributed by atoms with E-state index in [2.05, 4.69) is 40.3 Å². The number of hydrogen-bond acceptors (Lipinski definition) is 5. The Balaban J connectivity index is 1.29. The molecule has 1 aromatic heterocycles. The summed E-state index contributed by atoms with van der Waals surface area (Å²) < 4.78 is 7.30. The molecule has 2 aliphatic rings. The zero-order chi connectivity index (χ0) is 25.4. The third-order valence-electron chi connectivity index (χ3n) is 8.13. The number of amides is 1. The number of rotatable bonds is 6. The van der Waals surface area contributed by atoms with Crippen molar-refractivity contribution in [3.05, 3.63) is 52.4 Å². The molecule has 2 fully saturated rings. The fourth-order valence-corrected chi connectivity index (χ4v) is 5.95. The van der Waals surface area contributed by atoms with Gasteiger partial charge in [0.15, 0.2) is 0 Å². The SMILES string of the molecule is COc1cc(NC(=O)C2CCC(n3c(=O)[nH]c4c(N(C)C5CCN(C)C5)cccc43)CC2)ccc1C. The van der Waals surface area contributed by atoms with Gasteiger partial charge in [-0.15, -0.1) is 0 Å². The van der Waals surface area contributed by atoms with Crippen LogP contribution in [0.4, 0.5) is 11.4 Å². The highest BCUT2D eigenvalue weighted by Gasteiger charge is 2.30. The van der Waals surface area contributed by atoms with E-state index in [-0.39, 0.29) is 23.6 Å². The summed E-state index contributed by atoms with van der Waals surface area (Å²) in [6, 6.07) is 12.4. The highest BCUT2D eigenvalue weighted by molar-refractivity contribution is 5.93. The van der Waals surface area contributed by atoms with E-state index >= 15 is 0 Å². The number of para-hydroxylation sites is 1. The Morgan fingerprint density at radius 2 is 1.92 bits per heavy atom. The second kappa shape index (κ2) is 10.0. The van der Waals surface area contributed by atoms with Crippen LogP contribution in [0.1, 0.15) is 43.7 Å². The van der Waals surface area contributed by atoms with E-state index in [1.165, 1.54) is 0 Å². The van der Waals surface area contributed by atoms with Crippen LogP contribution < -0.4 is 20.6 Å². The largest absolute Gasteiger partial charge is 0.496 e. The number of aromatic amines is 1. The number of hydrogen-bond donors (Lipinski definition) is 2. The van der Waals surface area contributed by atoms with Crippen LogP contribution in [-0.2, 0) is 4.79 Å². The van der Waals surface area contributed by atoms with Crippen LogP contribution in [0.15, 0.2) is 41.2 Å². The molecule has 0 spiro atoms. The summed E-state index contributed by atoms with van der Waals surface area (Å²) in [5.41, 5.74) is 4.66. The first kappa shape index (κ1) is 24.4. The number of methoxy groups -OCH3 is 1. The van der Waals surface area contributed by atoms with Crippen molar-refractivity contribution in [1.29, 1.82) is 0 Å². The van der Waals surface area contributed by atoms with E-state index in [9.17, 15) is 9.59 Å². The quantitative estimate of drug-likeness (QED) is 0.541. The van der Waals surface area contributed by atoms with Crippen LogP contribution in [0, 0.1) is 12.8 Å². The number of benzene rings is 2. The zero-order valence-corrected chi connectivity index (χ0v) is 21.7. The fourth-order valence-electron chi connectivity index (χ4n) is 5.95. The monoisotopic (exact) mass is 491 g/mol. The van der Waals surface area contributed by atoms with Crippen molar-refractivity contribution in [2.75, 3.05) is 44.5 Å². The van der Waals surface area contributed by atoms with E-state index in [1.807, 2.05) is 41.8 Å². The van der Waals surface area contributed by atoms with Gasteiger partial charge in [0.05, 0.1) is 23.8 Å². The molecule has 5 rings (SSSR count). The van der Waals surface area contributed by atoms with Crippen LogP contribution in [-0.4, -0.2) is 60.7 Å². The maximum Gasteiger partial charge on any atom is 0.326 e. The molecule has 8 nitrogen and oxygen atoms in total. The minimum absolute atomic E-state index is 0.0380. The molecule has 2 heterocycles. The van der Waals surface area contributed by atoms with Gasteiger partial charge in [-0.3, -0.25) is 9.36 Å². The van der Waals surface area contributed by atoms with Crippen molar-refractivity contribution in [2.24, 2.45) is 5.92 Å². The van der Waals surface area contributed by atoms with Gasteiger partial charge in [0, 0.05) is 43.3 Å². The van der Waals surface area contributed by atoms with Gasteiger partial charge in [-0.05, 0) is 76.4 Å². The summed E-state index contributed by atoms with van der Waals surface area (Å²) in [5.74, 6) is 0.742. The molecule has 1 saturated carbocycles. The number of aromatic nitrogens is 2. The van der Waals surface area contributed by atoms with Crippen LogP contribution in [0.25, 0.3) is 11.0 Å². The number of nitrogens with zero attached hydrogens (tertiary/aromatic N) is 3. The van der Waals surface area contributed by atoms with Crippen LogP contribution in [0.3, 0.4) is 0 Å². The Bertz CT molecular complexity index is 1300. The number of carbonyl (C=O) groups excluding carboxylic acids is 1. The number of H-pyrrole nitrogens is 1. The first-order chi connectivity index (χ1) is 17.4. The Morgan fingerprint density at radius 1 is 1.14 bits per heavy atom. The summed E-state index contributed by atoms with van der Waals surface area (Å²) in [7, 11) is 5.92. The normalized spacial score (nSPS) is 22.6. The van der Waals surface area contributed by atoms with Crippen molar-refractivity contribution in [3.63, 3.8) is 0 Å². The Kier molecular flexibility index (Phi) is 6.79. The standard InChI is InChI=1S/C28H37N5O3/c1-18-8-11-20(16-25(18)36-4)29-27(34)19-9-12-21(13-10-19)33-24-7-5-6-23(26(24)30-28(33)35)32(3)22-14-15-31(2)17-22/h5-8,11,16,19,21-22H,9-10,12-15,17H2,1-4H3,(H,29,34)(H,30,35). The van der Waals surface area contributed by atoms with Gasteiger partial charge in [0.25, 0.3) is 0 Å². The molecular weight excluding hydrogens is 454 g/mol. The lowest BCUT2D eigenvalue weighted by Crippen LogP contribution is -2.33. The van der Waals surface area contributed by atoms with Crippen molar-refractivity contribution < 1.29 is 9.53 Å². The molecule has 1 atom stereocenters. The number of nitrogens with one attached hydrogen (secondary N) is 2. The molecule has 3 aromatic rings. The Morgan fingerprint density at radius 3 is 2.61 bits per heavy atom. The predicted molar refractivity (Wildman–Crippen MR) is 144 cm³/mol. The second-order valence-electron chi connectivity index (χ2n) is 10.5. The van der Waals surface area contributed by atoms with Gasteiger partial charge in [-0.25, -0.2) is 4.79 Å². The van der Waals surface area contributed by atoms with Gasteiger partial charge < -0.3 is 24.8 Å². The molecule has 1 amide bonds. The number of imidazole rings is 1. The van der Waals surface area contributed by atoms with Crippen molar-refractivity contribution in [1.82, 2.24) is 14.5 Å². The maximum absolute atomic E-state index is 13.1. The predicted octanol–water partition coefficient (Wildman–Crippen LogP) is 4.16. The van der Waals surface area contributed by atoms with Gasteiger partial charge in [0.2, 0.25) is 5.91 Å². The van der Waals surface area contributed by atoms with E-state index in [0.29, 0.717) is 6.04 Å². The third-order valence-corrected chi connectivity index (χ3v) is 8.13. The molecule has 1 unspecified atom stereocenters. The number of likely N-dealkylation sites (tertiary alicyclic amines) is 1. The molecular formula is C28H37N5O3. The summed E-state index contributed by atoms with van der Waals surface area (Å²) in [6.45, 7) is 4.10. The lowest BCUT2D eigenvalue weighted by molar-refractivity contribution is -0.121. The summed E-state index contributed by atoms with van der Waals surface area (Å²) >= 11 is 0. The number of anilines is 2. The Hall–Kier alpha value is -3.26. The van der Waals surface area contributed by atoms with Gasteiger partial charge in [-0.2, -0.15) is 0 Å². The van der Waals surface area contributed by atoms with E-state index in [0.717, 1.165) is 78.9 Å². The molecule has 36 heavy (non-hydrogen) atoms. The molecule has 2 aromatic carbocycles. The minimum atomic E-state index is -0.0611. The molecule has 192 valence electrons. The average molecular weight is 492 g/mol. The van der Waals surface area contributed by atoms with Gasteiger partial charge in [0.1, 0.15) is 5.75 Å². The third kappa shape index (κ3) is 4.62. The molecule has 1 saturated heterocycles. The topological polar surface area (TPSA) is 82.6 Å². The number of likely N-dealkylation sites (N-methyl/N-ethyl adjacent to an activating group) is 2. The van der Waals surface area contributed by atoms with Crippen molar-refractivity contribution in [3.8, 4) is 5.75 Å². The zero-order valence-electron chi connectivity index (χ0n) is 21.7. The highest BCUT2D eigenvalue weighted by Crippen LogP contribution is 2.36.